The van der Waals surface area contributed by atoms with Crippen molar-refractivity contribution in [3.63, 3.8) is 0 Å². The quantitative estimate of drug-likeness (QED) is 0.866. The van der Waals surface area contributed by atoms with Crippen LogP contribution < -0.4 is 5.32 Å². The van der Waals surface area contributed by atoms with Crippen molar-refractivity contribution in [3.8, 4) is 0 Å². The largest absolute Gasteiger partial charge is 0.344 e. The number of rotatable bonds is 4. The second kappa shape index (κ2) is 6.19. The molecule has 0 bridgehead atoms. The van der Waals surface area contributed by atoms with Crippen LogP contribution in [0.1, 0.15) is 51.4 Å². The third-order valence-corrected chi connectivity index (χ3v) is 6.68. The summed E-state index contributed by atoms with van der Waals surface area (Å²) in [6.45, 7) is 1.42. The predicted octanol–water partition coefficient (Wildman–Crippen LogP) is 2.18. The topological polar surface area (TPSA) is 49.4 Å². The van der Waals surface area contributed by atoms with Crippen molar-refractivity contribution in [1.29, 1.82) is 0 Å². The standard InChI is InChI=1S/C16H26N2O2S/c1-21-16(8-3-2-4-9-16)11-18-10-7-13(19)17-14(15(18)20)12-5-6-12/h12,14H,2-11H2,1H3,(H,17,19). The number of thioether (sulfide) groups is 1. The molecule has 2 amide bonds. The maximum atomic E-state index is 12.8. The van der Waals surface area contributed by atoms with Gasteiger partial charge in [-0.15, -0.1) is 0 Å². The van der Waals surface area contributed by atoms with Gasteiger partial charge in [0.05, 0.1) is 0 Å². The van der Waals surface area contributed by atoms with Gasteiger partial charge in [0.1, 0.15) is 6.04 Å². The molecule has 2 saturated carbocycles. The molecule has 1 aliphatic heterocycles. The van der Waals surface area contributed by atoms with Crippen LogP contribution in [0, 0.1) is 5.92 Å². The normalized spacial score (nSPS) is 30.0. The molecule has 3 fully saturated rings. The van der Waals surface area contributed by atoms with Crippen molar-refractivity contribution in [2.75, 3.05) is 19.3 Å². The predicted molar refractivity (Wildman–Crippen MR) is 85.2 cm³/mol. The van der Waals surface area contributed by atoms with Crippen LogP contribution >= 0.6 is 11.8 Å². The summed E-state index contributed by atoms with van der Waals surface area (Å²) in [5.41, 5.74) is 0. The average Bonchev–Trinajstić information content (AvgIpc) is 3.34. The number of amides is 2. The van der Waals surface area contributed by atoms with E-state index in [-0.39, 0.29) is 22.6 Å². The molecule has 1 unspecified atom stereocenters. The highest BCUT2D eigenvalue weighted by molar-refractivity contribution is 8.00. The second-order valence-electron chi connectivity index (χ2n) is 6.84. The van der Waals surface area contributed by atoms with Crippen molar-refractivity contribution >= 4 is 23.6 Å². The molecule has 5 heteroatoms. The molecule has 0 aromatic carbocycles. The van der Waals surface area contributed by atoms with Gasteiger partial charge in [-0.25, -0.2) is 0 Å². The van der Waals surface area contributed by atoms with Crippen LogP contribution in [0.4, 0.5) is 0 Å². The second-order valence-corrected chi connectivity index (χ2v) is 8.11. The Balaban J connectivity index is 1.72. The minimum Gasteiger partial charge on any atom is -0.344 e. The Morgan fingerprint density at radius 3 is 2.57 bits per heavy atom. The van der Waals surface area contributed by atoms with E-state index in [1.54, 1.807) is 0 Å². The molecular formula is C16H26N2O2S. The van der Waals surface area contributed by atoms with Crippen molar-refractivity contribution in [2.24, 2.45) is 5.92 Å². The Morgan fingerprint density at radius 1 is 1.24 bits per heavy atom. The van der Waals surface area contributed by atoms with Gasteiger partial charge in [-0.2, -0.15) is 11.8 Å². The van der Waals surface area contributed by atoms with Crippen LogP contribution in [0.15, 0.2) is 0 Å². The highest BCUT2D eigenvalue weighted by atomic mass is 32.2. The summed E-state index contributed by atoms with van der Waals surface area (Å²) in [7, 11) is 0. The Kier molecular flexibility index (Phi) is 4.48. The van der Waals surface area contributed by atoms with Gasteiger partial charge < -0.3 is 10.2 Å². The molecule has 21 heavy (non-hydrogen) atoms. The lowest BCUT2D eigenvalue weighted by atomic mass is 9.87. The van der Waals surface area contributed by atoms with Gasteiger partial charge in [-0.3, -0.25) is 9.59 Å². The molecule has 1 N–H and O–H groups in total. The van der Waals surface area contributed by atoms with Crippen LogP contribution in [0.3, 0.4) is 0 Å². The Labute approximate surface area is 131 Å². The zero-order valence-corrected chi connectivity index (χ0v) is 13.7. The van der Waals surface area contributed by atoms with Crippen LogP contribution in [0.5, 0.6) is 0 Å². The van der Waals surface area contributed by atoms with Gasteiger partial charge in [0, 0.05) is 24.3 Å². The van der Waals surface area contributed by atoms with Gasteiger partial charge in [-0.1, -0.05) is 19.3 Å². The third kappa shape index (κ3) is 3.38. The van der Waals surface area contributed by atoms with Gasteiger partial charge in [0.25, 0.3) is 0 Å². The van der Waals surface area contributed by atoms with E-state index in [1.807, 2.05) is 16.7 Å². The summed E-state index contributed by atoms with van der Waals surface area (Å²) >= 11 is 1.92. The van der Waals surface area contributed by atoms with E-state index >= 15 is 0 Å². The van der Waals surface area contributed by atoms with Crippen LogP contribution in [-0.2, 0) is 9.59 Å². The molecule has 0 aromatic rings. The minimum absolute atomic E-state index is 0.0459. The number of hydrogen-bond acceptors (Lipinski definition) is 3. The van der Waals surface area contributed by atoms with Crippen LogP contribution in [-0.4, -0.2) is 46.8 Å². The highest BCUT2D eigenvalue weighted by Gasteiger charge is 2.43. The number of nitrogens with one attached hydrogen (secondary N) is 1. The molecule has 4 nitrogen and oxygen atoms in total. The summed E-state index contributed by atoms with van der Waals surface area (Å²) in [5.74, 6) is 0.602. The SMILES string of the molecule is CSC1(CN2CCC(=O)NC(C3CC3)C2=O)CCCCC1. The van der Waals surface area contributed by atoms with E-state index in [0.29, 0.717) is 18.9 Å². The van der Waals surface area contributed by atoms with E-state index in [9.17, 15) is 9.59 Å². The summed E-state index contributed by atoms with van der Waals surface area (Å²) in [4.78, 5) is 26.7. The summed E-state index contributed by atoms with van der Waals surface area (Å²) in [6, 6.07) is -0.248. The van der Waals surface area contributed by atoms with Gasteiger partial charge in [0.15, 0.2) is 0 Å². The summed E-state index contributed by atoms with van der Waals surface area (Å²) in [5, 5.41) is 2.95. The fourth-order valence-electron chi connectivity index (χ4n) is 3.73. The molecule has 1 heterocycles. The van der Waals surface area contributed by atoms with Crippen molar-refractivity contribution in [1.82, 2.24) is 10.2 Å². The molecule has 0 radical (unpaired) electrons. The molecule has 2 aliphatic carbocycles. The van der Waals surface area contributed by atoms with E-state index in [1.165, 1.54) is 32.1 Å². The Bertz CT molecular complexity index is 417. The lowest BCUT2D eigenvalue weighted by Crippen LogP contribution is -2.50. The lowest BCUT2D eigenvalue weighted by molar-refractivity contribution is -0.134. The van der Waals surface area contributed by atoms with Crippen molar-refractivity contribution in [3.05, 3.63) is 0 Å². The number of carbonyl (C=O) groups is 2. The zero-order chi connectivity index (χ0) is 14.9. The molecule has 1 atom stereocenters. The zero-order valence-electron chi connectivity index (χ0n) is 12.9. The third-order valence-electron chi connectivity index (χ3n) is 5.27. The van der Waals surface area contributed by atoms with E-state index in [4.69, 9.17) is 0 Å². The fourth-order valence-corrected chi connectivity index (χ4v) is 4.71. The highest BCUT2D eigenvalue weighted by Crippen LogP contribution is 2.40. The fraction of sp³-hybridized carbons (Fsp3) is 0.875. The first kappa shape index (κ1) is 15.2. The Morgan fingerprint density at radius 2 is 1.95 bits per heavy atom. The van der Waals surface area contributed by atoms with Crippen LogP contribution in [0.2, 0.25) is 0 Å². The monoisotopic (exact) mass is 310 g/mol. The maximum absolute atomic E-state index is 12.8. The first-order chi connectivity index (χ1) is 10.1. The number of hydrogen-bond donors (Lipinski definition) is 1. The average molecular weight is 310 g/mol. The summed E-state index contributed by atoms with van der Waals surface area (Å²) in [6.07, 6.45) is 11.1. The molecule has 1 saturated heterocycles. The molecule has 3 rings (SSSR count). The molecule has 3 aliphatic rings. The summed E-state index contributed by atoms with van der Waals surface area (Å²) < 4.78 is 0.218. The minimum atomic E-state index is -0.248. The lowest BCUT2D eigenvalue weighted by Gasteiger charge is -2.40. The van der Waals surface area contributed by atoms with E-state index in [0.717, 1.165) is 19.4 Å². The smallest absolute Gasteiger partial charge is 0.245 e. The van der Waals surface area contributed by atoms with Crippen molar-refractivity contribution in [2.45, 2.75) is 62.2 Å². The maximum Gasteiger partial charge on any atom is 0.245 e. The molecule has 0 spiro atoms. The molecule has 118 valence electrons. The van der Waals surface area contributed by atoms with Gasteiger partial charge in [0.2, 0.25) is 11.8 Å². The number of nitrogens with zero attached hydrogens (tertiary/aromatic N) is 1. The van der Waals surface area contributed by atoms with Crippen molar-refractivity contribution < 1.29 is 9.59 Å². The first-order valence-electron chi connectivity index (χ1n) is 8.27. The number of carbonyl (C=O) groups excluding carboxylic acids is 2. The first-order valence-corrected chi connectivity index (χ1v) is 9.49. The van der Waals surface area contributed by atoms with E-state index in [2.05, 4.69) is 11.6 Å². The van der Waals surface area contributed by atoms with Gasteiger partial charge >= 0.3 is 0 Å². The van der Waals surface area contributed by atoms with E-state index < -0.39 is 0 Å². The molecule has 0 aromatic heterocycles. The Hall–Kier alpha value is -0.710. The molecular weight excluding hydrogens is 284 g/mol. The van der Waals surface area contributed by atoms with Crippen LogP contribution in [0.25, 0.3) is 0 Å². The van der Waals surface area contributed by atoms with Gasteiger partial charge in [-0.05, 0) is 37.9 Å².